The van der Waals surface area contributed by atoms with Gasteiger partial charge < -0.3 is 70.0 Å². The van der Waals surface area contributed by atoms with Gasteiger partial charge in [-0.3, -0.25) is 0 Å². The van der Waals surface area contributed by atoms with Crippen LogP contribution in [0, 0.1) is 0 Å². The Kier molecular flexibility index (Phi) is 7.62. The summed E-state index contributed by atoms with van der Waals surface area (Å²) in [7, 11) is 0. The molecule has 2 aliphatic rings. The third-order valence-corrected chi connectivity index (χ3v) is 5.07. The van der Waals surface area contributed by atoms with Gasteiger partial charge in [0.1, 0.15) is 42.7 Å². The second kappa shape index (κ2) is 9.35. The first-order valence-corrected chi connectivity index (χ1v) is 8.82. The minimum atomic E-state index is -4.19. The van der Waals surface area contributed by atoms with E-state index in [0.717, 1.165) is 0 Å². The number of hydrogen-bond acceptors (Lipinski definition) is 14. The SMILES string of the molecule is O=C(O)OC(C(=O)O)(C(=O)O)[C@@]1(O[C@H]2O[C@H](CO)[C@@H](O)[C@H](O)[C@H]2O)O[C@H](CO)[C@@H](O)[C@@H]1O. The maximum atomic E-state index is 12.0. The van der Waals surface area contributed by atoms with Gasteiger partial charge in [0.25, 0.3) is 5.79 Å². The Labute approximate surface area is 177 Å². The van der Waals surface area contributed by atoms with E-state index < -0.39 is 91.7 Å². The molecule has 0 amide bonds. The lowest BCUT2D eigenvalue weighted by Gasteiger charge is -2.46. The summed E-state index contributed by atoms with van der Waals surface area (Å²) in [6, 6.07) is 0. The van der Waals surface area contributed by atoms with Crippen LogP contribution in [-0.2, 0) is 28.5 Å². The zero-order valence-electron chi connectivity index (χ0n) is 15.9. The predicted octanol–water partition coefficient (Wildman–Crippen LogP) is -5.79. The molecule has 2 fully saturated rings. The number of ether oxygens (including phenoxy) is 4. The summed E-state index contributed by atoms with van der Waals surface area (Å²) >= 11 is 0. The van der Waals surface area contributed by atoms with E-state index in [1.807, 2.05) is 0 Å². The van der Waals surface area contributed by atoms with Crippen molar-refractivity contribution in [1.29, 1.82) is 0 Å². The largest absolute Gasteiger partial charge is 0.507 e. The van der Waals surface area contributed by atoms with Crippen LogP contribution in [0.15, 0.2) is 0 Å². The van der Waals surface area contributed by atoms with Crippen LogP contribution in [0.4, 0.5) is 4.79 Å². The van der Waals surface area contributed by atoms with Gasteiger partial charge in [-0.2, -0.15) is 0 Å². The van der Waals surface area contributed by atoms with E-state index in [1.54, 1.807) is 0 Å². The Morgan fingerprint density at radius 3 is 1.75 bits per heavy atom. The molecule has 0 aliphatic carbocycles. The first-order valence-electron chi connectivity index (χ1n) is 8.82. The van der Waals surface area contributed by atoms with Crippen LogP contribution in [0.3, 0.4) is 0 Å². The summed E-state index contributed by atoms with van der Waals surface area (Å²) in [5.74, 6) is -8.98. The smallest absolute Gasteiger partial charge is 0.478 e. The Morgan fingerprint density at radius 2 is 1.34 bits per heavy atom. The molecule has 10 N–H and O–H groups in total. The Balaban J connectivity index is 2.69. The standard InChI is InChI=1S/C15H22O17/c16-1-3-5(18)7(20)8(21)10(29-3)31-15(9(22)6(19)4(2-17)30-15)14(11(23)24,12(25)26)32-13(27)28/h3-10,16-22H,1-2H2,(H,23,24)(H,25,26)(H,27,28)/t3-,4-,5-,6-,7+,8-,9+,10-,15-/m1/s1. The number of aliphatic hydroxyl groups excluding tert-OH is 7. The molecule has 2 aliphatic heterocycles. The summed E-state index contributed by atoms with van der Waals surface area (Å²) in [5, 5.41) is 97.3. The molecule has 2 heterocycles. The van der Waals surface area contributed by atoms with Crippen LogP contribution >= 0.6 is 0 Å². The van der Waals surface area contributed by atoms with E-state index in [4.69, 9.17) is 19.3 Å². The topological polar surface area (TPSA) is 290 Å². The minimum Gasteiger partial charge on any atom is -0.478 e. The van der Waals surface area contributed by atoms with Crippen molar-refractivity contribution >= 4 is 18.1 Å². The zero-order chi connectivity index (χ0) is 24.6. The lowest BCUT2D eigenvalue weighted by atomic mass is 9.86. The minimum absolute atomic E-state index is 1.00. The van der Waals surface area contributed by atoms with Crippen molar-refractivity contribution in [1.82, 2.24) is 0 Å². The zero-order valence-corrected chi connectivity index (χ0v) is 15.9. The van der Waals surface area contributed by atoms with E-state index in [9.17, 15) is 60.3 Å². The van der Waals surface area contributed by atoms with Crippen molar-refractivity contribution in [3.63, 3.8) is 0 Å². The molecule has 0 spiro atoms. The van der Waals surface area contributed by atoms with Gasteiger partial charge in [0, 0.05) is 0 Å². The maximum absolute atomic E-state index is 12.0. The molecule has 0 saturated carbocycles. The molecule has 0 unspecified atom stereocenters. The highest BCUT2D eigenvalue weighted by molar-refractivity contribution is 6.05. The molecular weight excluding hydrogens is 452 g/mol. The van der Waals surface area contributed by atoms with Gasteiger partial charge >= 0.3 is 23.7 Å². The summed E-state index contributed by atoms with van der Waals surface area (Å²) < 4.78 is 19.1. The first-order chi connectivity index (χ1) is 14.8. The highest BCUT2D eigenvalue weighted by Crippen LogP contribution is 2.45. The number of aliphatic hydroxyl groups is 7. The van der Waals surface area contributed by atoms with Crippen LogP contribution in [0.1, 0.15) is 0 Å². The third-order valence-electron chi connectivity index (χ3n) is 5.07. The fourth-order valence-corrected chi connectivity index (χ4v) is 3.43. The fraction of sp³-hybridized carbons (Fsp3) is 0.800. The molecule has 2 rings (SSSR count). The first kappa shape index (κ1) is 26.1. The van der Waals surface area contributed by atoms with E-state index in [0.29, 0.717) is 0 Å². The van der Waals surface area contributed by atoms with E-state index in [2.05, 4.69) is 4.74 Å². The van der Waals surface area contributed by atoms with Gasteiger partial charge in [-0.1, -0.05) is 0 Å². The maximum Gasteiger partial charge on any atom is 0.507 e. The van der Waals surface area contributed by atoms with Crippen LogP contribution in [0.2, 0.25) is 0 Å². The van der Waals surface area contributed by atoms with Gasteiger partial charge in [0.15, 0.2) is 6.29 Å². The molecule has 17 nitrogen and oxygen atoms in total. The molecule has 0 radical (unpaired) electrons. The van der Waals surface area contributed by atoms with E-state index >= 15 is 0 Å². The summed E-state index contributed by atoms with van der Waals surface area (Å²) in [5.41, 5.74) is -4.19. The Morgan fingerprint density at radius 1 is 0.812 bits per heavy atom. The average Bonchev–Trinajstić information content (AvgIpc) is 2.97. The van der Waals surface area contributed by atoms with Crippen molar-refractivity contribution in [2.45, 2.75) is 60.4 Å². The van der Waals surface area contributed by atoms with Gasteiger partial charge in [0.2, 0.25) is 0 Å². The van der Waals surface area contributed by atoms with Crippen molar-refractivity contribution in [3.8, 4) is 0 Å². The molecule has 0 aromatic heterocycles. The van der Waals surface area contributed by atoms with Crippen LogP contribution in [0.5, 0.6) is 0 Å². The van der Waals surface area contributed by atoms with Gasteiger partial charge in [-0.05, 0) is 0 Å². The summed E-state index contributed by atoms with van der Waals surface area (Å²) in [6.45, 7) is -2.17. The number of hydrogen-bond donors (Lipinski definition) is 10. The number of carboxylic acids is 2. The molecule has 0 bridgehead atoms. The van der Waals surface area contributed by atoms with Crippen LogP contribution in [-0.4, -0.2) is 143 Å². The lowest BCUT2D eigenvalue weighted by Crippen LogP contribution is -2.74. The third kappa shape index (κ3) is 3.88. The number of carbonyl (C=O) groups is 3. The highest BCUT2D eigenvalue weighted by Gasteiger charge is 2.78. The molecule has 32 heavy (non-hydrogen) atoms. The molecule has 2 saturated heterocycles. The van der Waals surface area contributed by atoms with Crippen LogP contribution < -0.4 is 0 Å². The van der Waals surface area contributed by atoms with Gasteiger partial charge in [-0.25, -0.2) is 14.4 Å². The number of aliphatic carboxylic acids is 2. The predicted molar refractivity (Wildman–Crippen MR) is 88.7 cm³/mol. The van der Waals surface area contributed by atoms with Gasteiger partial charge in [-0.15, -0.1) is 0 Å². The molecule has 0 aromatic carbocycles. The van der Waals surface area contributed by atoms with Gasteiger partial charge in [0.05, 0.1) is 13.2 Å². The Bertz CT molecular complexity index is 711. The molecule has 17 heteroatoms. The monoisotopic (exact) mass is 474 g/mol. The van der Waals surface area contributed by atoms with E-state index in [1.165, 1.54) is 0 Å². The van der Waals surface area contributed by atoms with Crippen molar-refractivity contribution in [3.05, 3.63) is 0 Å². The average molecular weight is 474 g/mol. The van der Waals surface area contributed by atoms with Crippen molar-refractivity contribution in [2.75, 3.05) is 13.2 Å². The van der Waals surface area contributed by atoms with Crippen molar-refractivity contribution in [2.24, 2.45) is 0 Å². The lowest BCUT2D eigenvalue weighted by molar-refractivity contribution is -0.404. The molecule has 9 atom stereocenters. The summed E-state index contributed by atoms with van der Waals surface area (Å²) in [4.78, 5) is 35.1. The second-order valence-electron chi connectivity index (χ2n) is 6.92. The second-order valence-corrected chi connectivity index (χ2v) is 6.92. The highest BCUT2D eigenvalue weighted by atomic mass is 16.8. The van der Waals surface area contributed by atoms with Crippen molar-refractivity contribution < 1.29 is 84.4 Å². The Hall–Kier alpha value is -2.19. The molecular formula is C15H22O17. The van der Waals surface area contributed by atoms with E-state index in [-0.39, 0.29) is 0 Å². The number of carboxylic acid groups (broad SMARTS) is 3. The number of rotatable bonds is 8. The van der Waals surface area contributed by atoms with Crippen LogP contribution in [0.25, 0.3) is 0 Å². The molecule has 184 valence electrons. The fourth-order valence-electron chi connectivity index (χ4n) is 3.43. The summed E-state index contributed by atoms with van der Waals surface area (Å²) in [6.07, 6.45) is -19.9. The quantitative estimate of drug-likeness (QED) is 0.116. The normalized spacial score (nSPS) is 40.1. The molecule has 0 aromatic rings.